The van der Waals surface area contributed by atoms with Crippen molar-refractivity contribution in [1.29, 1.82) is 0 Å². The largest absolute Gasteiger partial charge is 0.466 e. The molecule has 0 saturated carbocycles. The maximum Gasteiger partial charge on any atom is 0.343 e. The van der Waals surface area contributed by atoms with Crippen molar-refractivity contribution in [2.75, 3.05) is 7.11 Å². The third-order valence-electron chi connectivity index (χ3n) is 4.48. The Morgan fingerprint density at radius 3 is 1.81 bits per heavy atom. The van der Waals surface area contributed by atoms with Crippen LogP contribution in [0.5, 0.6) is 11.7 Å². The number of hydrogen-bond donors (Lipinski definition) is 0. The lowest BCUT2D eigenvalue weighted by atomic mass is 10.1. The molecule has 0 N–H and O–H groups in total. The van der Waals surface area contributed by atoms with Crippen molar-refractivity contribution in [1.82, 2.24) is 0 Å². The fraction of sp³-hybridized carbons (Fsp3) is 0.250. The average molecular weight is 426 g/mol. The van der Waals surface area contributed by atoms with E-state index >= 15 is 0 Å². The Kier molecular flexibility index (Phi) is 6.44. The number of carbonyl (C=O) groups is 2. The van der Waals surface area contributed by atoms with Crippen molar-refractivity contribution in [3.63, 3.8) is 0 Å². The van der Waals surface area contributed by atoms with Crippen molar-refractivity contribution >= 4 is 11.9 Å². The van der Waals surface area contributed by atoms with Crippen molar-refractivity contribution < 1.29 is 32.6 Å². The SMILES string of the molecule is COc1oc(COC(=O)c2cc(C)cc(C)c2)c(OC(=O)c2cc(C)cc(C)c2)c1F. The van der Waals surface area contributed by atoms with Crippen LogP contribution in [0.3, 0.4) is 0 Å². The average Bonchev–Trinajstić information content (AvgIpc) is 2.99. The van der Waals surface area contributed by atoms with Crippen molar-refractivity contribution in [2.24, 2.45) is 0 Å². The molecule has 0 aliphatic heterocycles. The van der Waals surface area contributed by atoms with E-state index in [1.54, 1.807) is 24.3 Å². The summed E-state index contributed by atoms with van der Waals surface area (Å²) < 4.78 is 35.3. The van der Waals surface area contributed by atoms with Gasteiger partial charge in [-0.25, -0.2) is 9.59 Å². The van der Waals surface area contributed by atoms with E-state index in [0.29, 0.717) is 5.56 Å². The summed E-state index contributed by atoms with van der Waals surface area (Å²) in [6.45, 7) is 6.95. The molecule has 0 radical (unpaired) electrons. The van der Waals surface area contributed by atoms with E-state index in [9.17, 15) is 14.0 Å². The van der Waals surface area contributed by atoms with Gasteiger partial charge in [-0.2, -0.15) is 4.39 Å². The summed E-state index contributed by atoms with van der Waals surface area (Å²) in [4.78, 5) is 25.0. The Bertz CT molecular complexity index is 1100. The fourth-order valence-electron chi connectivity index (χ4n) is 3.30. The number of furan rings is 1. The van der Waals surface area contributed by atoms with Gasteiger partial charge in [0, 0.05) is 0 Å². The van der Waals surface area contributed by atoms with E-state index in [1.165, 1.54) is 7.11 Å². The zero-order valence-corrected chi connectivity index (χ0v) is 18.0. The first-order valence-electron chi connectivity index (χ1n) is 9.59. The summed E-state index contributed by atoms with van der Waals surface area (Å²) in [5.74, 6) is -3.50. The van der Waals surface area contributed by atoms with Gasteiger partial charge in [-0.1, -0.05) is 34.4 Å². The number of benzene rings is 2. The highest BCUT2D eigenvalue weighted by Crippen LogP contribution is 2.35. The summed E-state index contributed by atoms with van der Waals surface area (Å²) in [6.07, 6.45) is 0. The first kappa shape index (κ1) is 22.1. The minimum atomic E-state index is -0.988. The molecule has 7 heteroatoms. The van der Waals surface area contributed by atoms with Crippen molar-refractivity contribution in [3.05, 3.63) is 81.4 Å². The maximum atomic E-state index is 14.6. The van der Waals surface area contributed by atoms with Crippen LogP contribution in [-0.2, 0) is 11.3 Å². The maximum absolute atomic E-state index is 14.6. The molecule has 0 unspecified atom stereocenters. The zero-order valence-electron chi connectivity index (χ0n) is 18.0. The van der Waals surface area contributed by atoms with E-state index in [4.69, 9.17) is 18.6 Å². The second-order valence-electron chi connectivity index (χ2n) is 7.38. The molecule has 0 aliphatic rings. The number of rotatable bonds is 6. The van der Waals surface area contributed by atoms with Gasteiger partial charge in [0.2, 0.25) is 11.6 Å². The number of methoxy groups -OCH3 is 1. The van der Waals surface area contributed by atoms with E-state index in [2.05, 4.69) is 0 Å². The van der Waals surface area contributed by atoms with Crippen molar-refractivity contribution in [2.45, 2.75) is 34.3 Å². The van der Waals surface area contributed by atoms with Gasteiger partial charge in [0.1, 0.15) is 0 Å². The molecule has 31 heavy (non-hydrogen) atoms. The van der Waals surface area contributed by atoms with E-state index in [1.807, 2.05) is 39.8 Å². The highest BCUT2D eigenvalue weighted by Gasteiger charge is 2.27. The van der Waals surface area contributed by atoms with Crippen LogP contribution in [-0.4, -0.2) is 19.0 Å². The Balaban J connectivity index is 1.82. The van der Waals surface area contributed by atoms with Crippen LogP contribution in [0.15, 0.2) is 40.8 Å². The van der Waals surface area contributed by atoms with E-state index < -0.39 is 36.1 Å². The Hall–Kier alpha value is -3.61. The molecule has 0 saturated heterocycles. The van der Waals surface area contributed by atoms with Crippen LogP contribution in [0.4, 0.5) is 4.39 Å². The monoisotopic (exact) mass is 426 g/mol. The first-order valence-corrected chi connectivity index (χ1v) is 9.59. The Morgan fingerprint density at radius 1 is 0.839 bits per heavy atom. The molecule has 2 aromatic carbocycles. The molecule has 162 valence electrons. The number of ether oxygens (including phenoxy) is 3. The summed E-state index contributed by atoms with van der Waals surface area (Å²) in [6, 6.07) is 10.4. The predicted molar refractivity (Wildman–Crippen MR) is 111 cm³/mol. The Labute approximate surface area is 179 Å². The predicted octanol–water partition coefficient (Wildman–Crippen LogP) is 5.24. The van der Waals surface area contributed by atoms with Crippen LogP contribution in [0.2, 0.25) is 0 Å². The van der Waals surface area contributed by atoms with Gasteiger partial charge in [-0.3, -0.25) is 0 Å². The van der Waals surface area contributed by atoms with Gasteiger partial charge in [0.15, 0.2) is 12.4 Å². The normalized spacial score (nSPS) is 10.6. The van der Waals surface area contributed by atoms with E-state index in [0.717, 1.165) is 22.3 Å². The molecule has 0 atom stereocenters. The van der Waals surface area contributed by atoms with Crippen LogP contribution in [0, 0.1) is 33.5 Å². The number of aryl methyl sites for hydroxylation is 4. The second kappa shape index (κ2) is 9.04. The van der Waals surface area contributed by atoms with Gasteiger partial charge >= 0.3 is 17.9 Å². The summed E-state index contributed by atoms with van der Waals surface area (Å²) in [7, 11) is 1.21. The standard InChI is InChI=1S/C24H23FO6/c1-13-6-14(2)9-17(8-13)22(26)29-12-19-21(20(25)24(28-5)30-19)31-23(27)18-10-15(3)7-16(4)11-18/h6-11H,12H2,1-5H3. The zero-order chi connectivity index (χ0) is 22.7. The molecule has 0 spiro atoms. The van der Waals surface area contributed by atoms with Crippen LogP contribution in [0.1, 0.15) is 48.7 Å². The highest BCUT2D eigenvalue weighted by atomic mass is 19.1. The summed E-state index contributed by atoms with van der Waals surface area (Å²) >= 11 is 0. The second-order valence-corrected chi connectivity index (χ2v) is 7.38. The third kappa shape index (κ3) is 5.12. The lowest BCUT2D eigenvalue weighted by molar-refractivity contribution is 0.0435. The van der Waals surface area contributed by atoms with Gasteiger partial charge in [0.25, 0.3) is 0 Å². The van der Waals surface area contributed by atoms with Crippen molar-refractivity contribution in [3.8, 4) is 11.7 Å². The molecule has 1 aromatic heterocycles. The molecule has 3 rings (SSSR count). The first-order chi connectivity index (χ1) is 14.7. The lowest BCUT2D eigenvalue weighted by Gasteiger charge is -2.08. The molecular formula is C24H23FO6. The molecule has 0 amide bonds. The lowest BCUT2D eigenvalue weighted by Crippen LogP contribution is -2.12. The molecule has 1 heterocycles. The van der Waals surface area contributed by atoms with Gasteiger partial charge in [-0.05, 0) is 52.0 Å². The molecule has 0 aliphatic carbocycles. The topological polar surface area (TPSA) is 75.0 Å². The highest BCUT2D eigenvalue weighted by molar-refractivity contribution is 5.92. The van der Waals surface area contributed by atoms with E-state index in [-0.39, 0.29) is 11.3 Å². The number of esters is 2. The molecular weight excluding hydrogens is 403 g/mol. The smallest absolute Gasteiger partial charge is 0.343 e. The molecule has 0 bridgehead atoms. The van der Waals surface area contributed by atoms with Crippen LogP contribution in [0.25, 0.3) is 0 Å². The van der Waals surface area contributed by atoms with Crippen LogP contribution >= 0.6 is 0 Å². The molecule has 3 aromatic rings. The van der Waals surface area contributed by atoms with Gasteiger partial charge < -0.3 is 18.6 Å². The third-order valence-corrected chi connectivity index (χ3v) is 4.48. The Morgan fingerprint density at radius 2 is 1.32 bits per heavy atom. The minimum absolute atomic E-state index is 0.176. The van der Waals surface area contributed by atoms with Gasteiger partial charge in [-0.15, -0.1) is 0 Å². The summed E-state index contributed by atoms with van der Waals surface area (Å²) in [5, 5.41) is 0. The molecule has 0 fully saturated rings. The quantitative estimate of drug-likeness (QED) is 0.502. The van der Waals surface area contributed by atoms with Gasteiger partial charge in [0.05, 0.1) is 18.2 Å². The number of halogens is 1. The number of hydrogen-bond acceptors (Lipinski definition) is 6. The minimum Gasteiger partial charge on any atom is -0.466 e. The number of carbonyl (C=O) groups excluding carboxylic acids is 2. The van der Waals surface area contributed by atoms with Crippen LogP contribution < -0.4 is 9.47 Å². The fourth-order valence-corrected chi connectivity index (χ4v) is 3.30. The molecule has 6 nitrogen and oxygen atoms in total. The summed E-state index contributed by atoms with van der Waals surface area (Å²) in [5.41, 5.74) is 4.14.